The Kier molecular flexibility index (Phi) is 6.09. The molecule has 1 aliphatic heterocycles. The first-order valence-corrected chi connectivity index (χ1v) is 8.05. The molecule has 0 aliphatic carbocycles. The lowest BCUT2D eigenvalue weighted by molar-refractivity contribution is 0.0699. The number of nitrogens with two attached hydrogens (primary N) is 1. The number of halogens is 1. The van der Waals surface area contributed by atoms with Crippen molar-refractivity contribution in [1.29, 1.82) is 0 Å². The molecule has 6 nitrogen and oxygen atoms in total. The van der Waals surface area contributed by atoms with Gasteiger partial charge in [0, 0.05) is 24.8 Å². The van der Waals surface area contributed by atoms with Gasteiger partial charge in [0.2, 0.25) is 0 Å². The molecule has 0 spiro atoms. The van der Waals surface area contributed by atoms with Crippen LogP contribution in [0, 0.1) is 6.92 Å². The zero-order chi connectivity index (χ0) is 17.1. The molecule has 7 heteroatoms. The van der Waals surface area contributed by atoms with Crippen LogP contribution in [0.2, 0.25) is 0 Å². The average molecular weight is 364 g/mol. The number of aryl methyl sites for hydroxylation is 1. The first kappa shape index (κ1) is 18.9. The number of nitrogen functional groups attached to an aromatic ring is 1. The van der Waals surface area contributed by atoms with E-state index in [0.29, 0.717) is 35.7 Å². The van der Waals surface area contributed by atoms with Gasteiger partial charge in [-0.05, 0) is 38.0 Å². The second kappa shape index (κ2) is 8.07. The van der Waals surface area contributed by atoms with Crippen LogP contribution in [-0.4, -0.2) is 35.8 Å². The lowest BCUT2D eigenvalue weighted by Crippen LogP contribution is -2.46. The lowest BCUT2D eigenvalue weighted by Gasteiger charge is -2.32. The molecule has 0 bridgehead atoms. The molecule has 2 heterocycles. The zero-order valence-corrected chi connectivity index (χ0v) is 14.8. The van der Waals surface area contributed by atoms with E-state index in [1.54, 1.807) is 30.0 Å². The van der Waals surface area contributed by atoms with E-state index in [0.717, 1.165) is 12.8 Å². The van der Waals surface area contributed by atoms with Gasteiger partial charge in [0.1, 0.15) is 5.76 Å². The van der Waals surface area contributed by atoms with Crippen LogP contribution in [0.5, 0.6) is 0 Å². The third-order valence-electron chi connectivity index (χ3n) is 4.41. The van der Waals surface area contributed by atoms with Crippen LogP contribution in [0.25, 0.3) is 0 Å². The molecule has 0 saturated carbocycles. The summed E-state index contributed by atoms with van der Waals surface area (Å²) in [5.41, 5.74) is 7.47. The smallest absolute Gasteiger partial charge is 0.255 e. The summed E-state index contributed by atoms with van der Waals surface area (Å²) in [6.07, 6.45) is 2.96. The van der Waals surface area contributed by atoms with Crippen molar-refractivity contribution in [2.24, 2.45) is 0 Å². The van der Waals surface area contributed by atoms with Gasteiger partial charge in [0.05, 0.1) is 17.4 Å². The molecule has 1 aromatic heterocycles. The topological polar surface area (TPSA) is 88.6 Å². The van der Waals surface area contributed by atoms with Gasteiger partial charge < -0.3 is 20.4 Å². The molecule has 1 aromatic carbocycles. The van der Waals surface area contributed by atoms with Gasteiger partial charge in [0.25, 0.3) is 11.8 Å². The second-order valence-corrected chi connectivity index (χ2v) is 6.02. The molecular weight excluding hydrogens is 342 g/mol. The molecule has 134 valence electrons. The number of furan rings is 1. The normalized spacial score (nSPS) is 14.7. The third-order valence-corrected chi connectivity index (χ3v) is 4.41. The van der Waals surface area contributed by atoms with Crippen molar-refractivity contribution in [1.82, 2.24) is 10.2 Å². The molecule has 2 amide bonds. The van der Waals surface area contributed by atoms with Crippen molar-refractivity contribution in [3.05, 3.63) is 53.5 Å². The highest BCUT2D eigenvalue weighted by Gasteiger charge is 2.26. The summed E-state index contributed by atoms with van der Waals surface area (Å²) in [7, 11) is 0. The minimum atomic E-state index is -0.127. The van der Waals surface area contributed by atoms with E-state index in [-0.39, 0.29) is 30.3 Å². The fourth-order valence-electron chi connectivity index (χ4n) is 2.97. The number of piperidine rings is 1. The van der Waals surface area contributed by atoms with Gasteiger partial charge >= 0.3 is 0 Å². The van der Waals surface area contributed by atoms with Gasteiger partial charge in [-0.3, -0.25) is 9.59 Å². The number of anilines is 1. The van der Waals surface area contributed by atoms with Gasteiger partial charge in [-0.1, -0.05) is 12.1 Å². The van der Waals surface area contributed by atoms with Crippen LogP contribution in [0.1, 0.15) is 39.3 Å². The highest BCUT2D eigenvalue weighted by molar-refractivity contribution is 5.99. The number of rotatable bonds is 3. The highest BCUT2D eigenvalue weighted by Crippen LogP contribution is 2.18. The minimum Gasteiger partial charge on any atom is -0.469 e. The fraction of sp³-hybridized carbons (Fsp3) is 0.333. The minimum absolute atomic E-state index is 0. The van der Waals surface area contributed by atoms with Crippen LogP contribution in [0.15, 0.2) is 41.0 Å². The maximum Gasteiger partial charge on any atom is 0.255 e. The highest BCUT2D eigenvalue weighted by atomic mass is 35.5. The van der Waals surface area contributed by atoms with E-state index in [1.807, 2.05) is 12.1 Å². The summed E-state index contributed by atoms with van der Waals surface area (Å²) in [4.78, 5) is 26.5. The first-order valence-electron chi connectivity index (χ1n) is 8.05. The SMILES string of the molecule is Cc1occc1C(=O)NC1CCN(C(=O)c2ccccc2N)CC1.Cl. The molecule has 3 N–H and O–H groups in total. The molecule has 0 atom stereocenters. The van der Waals surface area contributed by atoms with Crippen molar-refractivity contribution in [3.63, 3.8) is 0 Å². The van der Waals surface area contributed by atoms with E-state index in [2.05, 4.69) is 5.32 Å². The average Bonchev–Trinajstić information content (AvgIpc) is 3.01. The van der Waals surface area contributed by atoms with E-state index < -0.39 is 0 Å². The predicted octanol–water partition coefficient (Wildman–Crippen LogP) is 2.63. The number of para-hydroxylation sites is 1. The Balaban J connectivity index is 0.00000225. The Labute approximate surface area is 152 Å². The fourth-order valence-corrected chi connectivity index (χ4v) is 2.97. The molecule has 25 heavy (non-hydrogen) atoms. The predicted molar refractivity (Wildman–Crippen MR) is 97.9 cm³/mol. The quantitative estimate of drug-likeness (QED) is 0.820. The van der Waals surface area contributed by atoms with Crippen molar-refractivity contribution in [2.45, 2.75) is 25.8 Å². The number of carbonyl (C=O) groups excluding carboxylic acids is 2. The lowest BCUT2D eigenvalue weighted by atomic mass is 10.0. The van der Waals surface area contributed by atoms with Crippen molar-refractivity contribution < 1.29 is 14.0 Å². The molecule has 2 aromatic rings. The number of amides is 2. The zero-order valence-electron chi connectivity index (χ0n) is 14.0. The summed E-state index contributed by atoms with van der Waals surface area (Å²) in [5.74, 6) is 0.432. The van der Waals surface area contributed by atoms with Crippen LogP contribution in [0.3, 0.4) is 0 Å². The van der Waals surface area contributed by atoms with Gasteiger partial charge in [-0.2, -0.15) is 0 Å². The maximum atomic E-state index is 12.5. The molecule has 0 unspecified atom stereocenters. The summed E-state index contributed by atoms with van der Waals surface area (Å²) < 4.78 is 5.16. The van der Waals surface area contributed by atoms with Crippen LogP contribution < -0.4 is 11.1 Å². The summed E-state index contributed by atoms with van der Waals surface area (Å²) >= 11 is 0. The molecule has 1 saturated heterocycles. The Morgan fingerprint density at radius 3 is 2.44 bits per heavy atom. The first-order chi connectivity index (χ1) is 11.6. The number of carbonyl (C=O) groups is 2. The molecule has 3 rings (SSSR count). The third kappa shape index (κ3) is 4.14. The number of likely N-dealkylation sites (tertiary alicyclic amines) is 1. The maximum absolute atomic E-state index is 12.5. The Hall–Kier alpha value is -2.47. The monoisotopic (exact) mass is 363 g/mol. The van der Waals surface area contributed by atoms with Crippen LogP contribution in [-0.2, 0) is 0 Å². The van der Waals surface area contributed by atoms with E-state index in [4.69, 9.17) is 10.2 Å². The number of benzene rings is 1. The summed E-state index contributed by atoms with van der Waals surface area (Å²) in [6, 6.07) is 8.82. The number of hydrogen-bond acceptors (Lipinski definition) is 4. The number of hydrogen-bond donors (Lipinski definition) is 2. The van der Waals surface area contributed by atoms with E-state index in [1.165, 1.54) is 6.26 Å². The standard InChI is InChI=1S/C18H21N3O3.ClH/c1-12-14(8-11-24-12)17(22)20-13-6-9-21(10-7-13)18(23)15-4-2-3-5-16(15)19;/h2-5,8,11,13H,6-7,9-10,19H2,1H3,(H,20,22);1H. The van der Waals surface area contributed by atoms with Crippen LogP contribution in [0.4, 0.5) is 5.69 Å². The van der Waals surface area contributed by atoms with Crippen molar-refractivity contribution in [2.75, 3.05) is 18.8 Å². The summed E-state index contributed by atoms with van der Waals surface area (Å²) in [5, 5.41) is 3.01. The van der Waals surface area contributed by atoms with E-state index in [9.17, 15) is 9.59 Å². The largest absolute Gasteiger partial charge is 0.469 e. The van der Waals surface area contributed by atoms with E-state index >= 15 is 0 Å². The second-order valence-electron chi connectivity index (χ2n) is 6.02. The molecule has 1 aliphatic rings. The number of nitrogens with zero attached hydrogens (tertiary/aromatic N) is 1. The summed E-state index contributed by atoms with van der Waals surface area (Å²) in [6.45, 7) is 2.96. The molecule has 0 radical (unpaired) electrons. The molecule has 1 fully saturated rings. The van der Waals surface area contributed by atoms with Gasteiger partial charge in [-0.15, -0.1) is 12.4 Å². The van der Waals surface area contributed by atoms with Crippen molar-refractivity contribution >= 4 is 29.9 Å². The van der Waals surface area contributed by atoms with Crippen LogP contribution >= 0.6 is 12.4 Å². The van der Waals surface area contributed by atoms with Crippen molar-refractivity contribution in [3.8, 4) is 0 Å². The van der Waals surface area contributed by atoms with Gasteiger partial charge in [-0.25, -0.2) is 0 Å². The Bertz CT molecular complexity index is 752. The molecular formula is C18H22ClN3O3. The van der Waals surface area contributed by atoms with Gasteiger partial charge in [0.15, 0.2) is 0 Å². The Morgan fingerprint density at radius 1 is 1.16 bits per heavy atom. The number of nitrogens with one attached hydrogen (secondary N) is 1. The Morgan fingerprint density at radius 2 is 1.84 bits per heavy atom.